The molecule has 5 heteroatoms. The Hall–Kier alpha value is -1.85. The van der Waals surface area contributed by atoms with Gasteiger partial charge in [0.25, 0.3) is 5.91 Å². The van der Waals surface area contributed by atoms with Gasteiger partial charge < -0.3 is 5.32 Å². The maximum atomic E-state index is 13.6. The fraction of sp³-hybridized carbons (Fsp3) is 0.435. The standard InChI is InChI=1S/C23H29FN2OS/c1-18-5-4-13-26(15-18)16-19-8-10-20(11-9-19)23(27)25-12-14-28-17-21-6-2-3-7-22(21)24/h2-3,6-11,18H,4-5,12-17H2,1H3,(H,25,27)/t18-/m1/s1. The first-order chi connectivity index (χ1) is 13.6. The highest BCUT2D eigenvalue weighted by Crippen LogP contribution is 2.18. The third-order valence-electron chi connectivity index (χ3n) is 5.11. The Morgan fingerprint density at radius 2 is 2.00 bits per heavy atom. The Labute approximate surface area is 171 Å². The molecule has 2 aromatic carbocycles. The van der Waals surface area contributed by atoms with E-state index in [1.807, 2.05) is 18.2 Å². The molecular weight excluding hydrogens is 371 g/mol. The van der Waals surface area contributed by atoms with Crippen molar-refractivity contribution in [1.82, 2.24) is 10.2 Å². The van der Waals surface area contributed by atoms with Gasteiger partial charge >= 0.3 is 0 Å². The van der Waals surface area contributed by atoms with E-state index in [1.54, 1.807) is 23.9 Å². The zero-order valence-electron chi connectivity index (χ0n) is 16.5. The van der Waals surface area contributed by atoms with Gasteiger partial charge in [-0.3, -0.25) is 9.69 Å². The topological polar surface area (TPSA) is 32.3 Å². The van der Waals surface area contributed by atoms with E-state index < -0.39 is 0 Å². The molecule has 3 nitrogen and oxygen atoms in total. The number of benzene rings is 2. The maximum absolute atomic E-state index is 13.6. The molecular formula is C23H29FN2OS. The van der Waals surface area contributed by atoms with Gasteiger partial charge in [0.15, 0.2) is 0 Å². The first kappa shape index (κ1) is 20.9. The van der Waals surface area contributed by atoms with E-state index in [0.717, 1.165) is 31.3 Å². The number of carbonyl (C=O) groups is 1. The summed E-state index contributed by atoms with van der Waals surface area (Å²) >= 11 is 1.62. The molecule has 0 aliphatic carbocycles. The Morgan fingerprint density at radius 3 is 2.75 bits per heavy atom. The molecule has 3 rings (SSSR count). The van der Waals surface area contributed by atoms with Crippen LogP contribution in [0.25, 0.3) is 0 Å². The molecule has 0 saturated carbocycles. The van der Waals surface area contributed by atoms with E-state index in [4.69, 9.17) is 0 Å². The highest BCUT2D eigenvalue weighted by Gasteiger charge is 2.16. The Balaban J connectivity index is 1.38. The minimum Gasteiger partial charge on any atom is -0.351 e. The van der Waals surface area contributed by atoms with E-state index in [-0.39, 0.29) is 11.7 Å². The minimum absolute atomic E-state index is 0.0513. The van der Waals surface area contributed by atoms with Crippen molar-refractivity contribution >= 4 is 17.7 Å². The maximum Gasteiger partial charge on any atom is 0.251 e. The average Bonchev–Trinajstić information content (AvgIpc) is 2.69. The van der Waals surface area contributed by atoms with Crippen molar-refractivity contribution in [3.8, 4) is 0 Å². The average molecular weight is 401 g/mol. The normalized spacial score (nSPS) is 17.4. The lowest BCUT2D eigenvalue weighted by atomic mass is 9.99. The molecule has 1 saturated heterocycles. The van der Waals surface area contributed by atoms with Gasteiger partial charge in [-0.05, 0) is 54.6 Å². The van der Waals surface area contributed by atoms with Crippen LogP contribution >= 0.6 is 11.8 Å². The number of piperidine rings is 1. The summed E-state index contributed by atoms with van der Waals surface area (Å²) in [6, 6.07) is 14.7. The molecule has 150 valence electrons. The molecule has 1 fully saturated rings. The third kappa shape index (κ3) is 6.35. The SMILES string of the molecule is C[C@@H]1CCCN(Cc2ccc(C(=O)NCCSCc3ccccc3F)cc2)C1. The van der Waals surface area contributed by atoms with Crippen LogP contribution < -0.4 is 5.32 Å². The largest absolute Gasteiger partial charge is 0.351 e. The summed E-state index contributed by atoms with van der Waals surface area (Å²) in [5.74, 6) is 1.93. The molecule has 1 aliphatic heterocycles. The second-order valence-corrected chi connectivity index (χ2v) is 8.68. The minimum atomic E-state index is -0.168. The fourth-order valence-electron chi connectivity index (χ4n) is 3.59. The van der Waals surface area contributed by atoms with Gasteiger partial charge in [0.2, 0.25) is 0 Å². The molecule has 1 aliphatic rings. The van der Waals surface area contributed by atoms with E-state index in [0.29, 0.717) is 23.4 Å². The van der Waals surface area contributed by atoms with Crippen LogP contribution in [0, 0.1) is 11.7 Å². The second kappa shape index (κ2) is 10.6. The van der Waals surface area contributed by atoms with Crippen molar-refractivity contribution in [3.63, 3.8) is 0 Å². The van der Waals surface area contributed by atoms with E-state index in [2.05, 4.69) is 29.3 Å². The van der Waals surface area contributed by atoms with E-state index in [1.165, 1.54) is 24.5 Å². The van der Waals surface area contributed by atoms with Crippen LogP contribution in [0.2, 0.25) is 0 Å². The van der Waals surface area contributed by atoms with Crippen molar-refractivity contribution in [3.05, 3.63) is 71.0 Å². The quantitative estimate of drug-likeness (QED) is 0.651. The number of rotatable bonds is 8. The van der Waals surface area contributed by atoms with E-state index in [9.17, 15) is 9.18 Å². The van der Waals surface area contributed by atoms with Gasteiger partial charge in [-0.25, -0.2) is 4.39 Å². The molecule has 1 heterocycles. The van der Waals surface area contributed by atoms with Crippen LogP contribution in [0.4, 0.5) is 4.39 Å². The molecule has 1 atom stereocenters. The third-order valence-corrected chi connectivity index (χ3v) is 6.12. The Morgan fingerprint density at radius 1 is 1.21 bits per heavy atom. The summed E-state index contributed by atoms with van der Waals surface area (Å²) in [7, 11) is 0. The number of hydrogen-bond acceptors (Lipinski definition) is 3. The lowest BCUT2D eigenvalue weighted by Gasteiger charge is -2.30. The molecule has 0 unspecified atom stereocenters. The van der Waals surface area contributed by atoms with Crippen LogP contribution in [0.5, 0.6) is 0 Å². The lowest BCUT2D eigenvalue weighted by Crippen LogP contribution is -2.33. The van der Waals surface area contributed by atoms with Crippen molar-refractivity contribution in [2.75, 3.05) is 25.4 Å². The molecule has 0 aromatic heterocycles. The Bertz CT molecular complexity index is 765. The van der Waals surface area contributed by atoms with Crippen molar-refractivity contribution in [2.45, 2.75) is 32.1 Å². The summed E-state index contributed by atoms with van der Waals surface area (Å²) in [5, 5.41) is 2.94. The number of carbonyl (C=O) groups excluding carboxylic acids is 1. The van der Waals surface area contributed by atoms with Crippen LogP contribution in [0.1, 0.15) is 41.3 Å². The van der Waals surface area contributed by atoms with Gasteiger partial charge in [0.05, 0.1) is 0 Å². The smallest absolute Gasteiger partial charge is 0.251 e. The molecule has 1 amide bonds. The van der Waals surface area contributed by atoms with Crippen LogP contribution in [0.3, 0.4) is 0 Å². The number of likely N-dealkylation sites (tertiary alicyclic amines) is 1. The van der Waals surface area contributed by atoms with Gasteiger partial charge in [-0.1, -0.05) is 37.3 Å². The van der Waals surface area contributed by atoms with Gasteiger partial charge in [-0.15, -0.1) is 0 Å². The van der Waals surface area contributed by atoms with Crippen LogP contribution in [0.15, 0.2) is 48.5 Å². The first-order valence-electron chi connectivity index (χ1n) is 10.0. The number of thioether (sulfide) groups is 1. The van der Waals surface area contributed by atoms with Gasteiger partial charge in [-0.2, -0.15) is 11.8 Å². The summed E-state index contributed by atoms with van der Waals surface area (Å²) in [6.07, 6.45) is 2.60. The van der Waals surface area contributed by atoms with Crippen LogP contribution in [-0.4, -0.2) is 36.2 Å². The first-order valence-corrected chi connectivity index (χ1v) is 11.2. The van der Waals surface area contributed by atoms with Gasteiger partial charge in [0, 0.05) is 36.7 Å². The second-order valence-electron chi connectivity index (χ2n) is 7.58. The highest BCUT2D eigenvalue weighted by molar-refractivity contribution is 7.98. The molecule has 0 radical (unpaired) electrons. The summed E-state index contributed by atoms with van der Waals surface area (Å²) in [5.41, 5.74) is 2.65. The molecule has 0 bridgehead atoms. The van der Waals surface area contributed by atoms with Crippen LogP contribution in [-0.2, 0) is 12.3 Å². The summed E-state index contributed by atoms with van der Waals surface area (Å²) in [4.78, 5) is 14.8. The molecule has 0 spiro atoms. The number of halogens is 1. The monoisotopic (exact) mass is 400 g/mol. The number of hydrogen-bond donors (Lipinski definition) is 1. The fourth-order valence-corrected chi connectivity index (χ4v) is 4.43. The van der Waals surface area contributed by atoms with Gasteiger partial charge in [0.1, 0.15) is 5.82 Å². The molecule has 2 aromatic rings. The zero-order chi connectivity index (χ0) is 19.8. The number of nitrogens with zero attached hydrogens (tertiary/aromatic N) is 1. The number of nitrogens with one attached hydrogen (secondary N) is 1. The van der Waals surface area contributed by atoms with Crippen molar-refractivity contribution in [1.29, 1.82) is 0 Å². The van der Waals surface area contributed by atoms with E-state index >= 15 is 0 Å². The summed E-state index contributed by atoms with van der Waals surface area (Å²) in [6.45, 7) is 6.17. The van der Waals surface area contributed by atoms with Crippen molar-refractivity contribution < 1.29 is 9.18 Å². The lowest BCUT2D eigenvalue weighted by molar-refractivity contribution is 0.0956. The molecule has 28 heavy (non-hydrogen) atoms. The molecule has 1 N–H and O–H groups in total. The van der Waals surface area contributed by atoms with Crippen molar-refractivity contribution in [2.24, 2.45) is 5.92 Å². The predicted octanol–water partition coefficient (Wildman–Crippen LogP) is 4.72. The highest BCUT2D eigenvalue weighted by atomic mass is 32.2. The predicted molar refractivity (Wildman–Crippen MR) is 115 cm³/mol. The Kier molecular flexibility index (Phi) is 7.92. The zero-order valence-corrected chi connectivity index (χ0v) is 17.3. The number of amides is 1. The summed E-state index contributed by atoms with van der Waals surface area (Å²) < 4.78 is 13.6.